The van der Waals surface area contributed by atoms with Gasteiger partial charge in [0.05, 0.1) is 5.02 Å². The lowest BCUT2D eigenvalue weighted by molar-refractivity contribution is 0.374. The quantitative estimate of drug-likeness (QED) is 0.686. The Hall–Kier alpha value is -0.700. The molecule has 0 bridgehead atoms. The van der Waals surface area contributed by atoms with Crippen LogP contribution in [0.25, 0.3) is 0 Å². The van der Waals surface area contributed by atoms with E-state index >= 15 is 0 Å². The van der Waals surface area contributed by atoms with Crippen LogP contribution in [-0.4, -0.2) is 6.04 Å². The second kappa shape index (κ2) is 5.97. The molecule has 3 rings (SSSR count). The third-order valence-electron chi connectivity index (χ3n) is 3.75. The van der Waals surface area contributed by atoms with Crippen molar-refractivity contribution >= 4 is 44.8 Å². The number of benzene rings is 2. The molecule has 0 aromatic heterocycles. The predicted octanol–water partition coefficient (Wildman–Crippen LogP) is 6.11. The summed E-state index contributed by atoms with van der Waals surface area (Å²) in [6, 6.07) is 14.6. The highest BCUT2D eigenvalue weighted by Crippen LogP contribution is 2.39. The average molecular weight is 371 g/mol. The first-order valence-corrected chi connectivity index (χ1v) is 8.14. The van der Waals surface area contributed by atoms with Crippen LogP contribution in [0.1, 0.15) is 24.3 Å². The molecule has 0 spiro atoms. The molecule has 2 aromatic rings. The molecule has 1 nitrogen and oxygen atoms in total. The van der Waals surface area contributed by atoms with E-state index in [1.54, 1.807) is 0 Å². The summed E-state index contributed by atoms with van der Waals surface area (Å²) in [5.74, 6) is 0.608. The van der Waals surface area contributed by atoms with Crippen molar-refractivity contribution in [2.75, 3.05) is 5.32 Å². The van der Waals surface area contributed by atoms with E-state index in [0.29, 0.717) is 12.0 Å². The Morgan fingerprint density at radius 1 is 1.05 bits per heavy atom. The number of hydrogen-bond donors (Lipinski definition) is 1. The lowest BCUT2D eigenvalue weighted by Crippen LogP contribution is -2.33. The van der Waals surface area contributed by atoms with Gasteiger partial charge in [-0.15, -0.1) is 0 Å². The van der Waals surface area contributed by atoms with Gasteiger partial charge in [-0.25, -0.2) is 0 Å². The topological polar surface area (TPSA) is 12.0 Å². The summed E-state index contributed by atoms with van der Waals surface area (Å²) >= 11 is 15.5. The van der Waals surface area contributed by atoms with Crippen molar-refractivity contribution in [1.82, 2.24) is 0 Å². The third-order valence-corrected chi connectivity index (χ3v) is 5.22. The SMILES string of the molecule is Clc1cccc(C2CC(Nc3ccc(Br)c(Cl)c3)C2)c1. The molecule has 1 fully saturated rings. The first-order valence-electron chi connectivity index (χ1n) is 6.59. The standard InChI is InChI=1S/C16H14BrCl2N/c17-15-5-4-13(9-16(15)19)20-14-7-11(8-14)10-2-1-3-12(18)6-10/h1-6,9,11,14,20H,7-8H2. The fourth-order valence-electron chi connectivity index (χ4n) is 2.59. The van der Waals surface area contributed by atoms with Gasteiger partial charge in [-0.2, -0.15) is 0 Å². The van der Waals surface area contributed by atoms with E-state index in [2.05, 4.69) is 33.4 Å². The zero-order valence-electron chi connectivity index (χ0n) is 10.7. The Balaban J connectivity index is 1.59. The summed E-state index contributed by atoms with van der Waals surface area (Å²) in [6.07, 6.45) is 2.27. The lowest BCUT2D eigenvalue weighted by atomic mass is 9.76. The van der Waals surface area contributed by atoms with Gasteiger partial charge >= 0.3 is 0 Å². The maximum absolute atomic E-state index is 6.10. The second-order valence-electron chi connectivity index (χ2n) is 5.19. The van der Waals surface area contributed by atoms with Gasteiger partial charge < -0.3 is 5.32 Å². The van der Waals surface area contributed by atoms with Crippen LogP contribution < -0.4 is 5.32 Å². The van der Waals surface area contributed by atoms with E-state index in [4.69, 9.17) is 23.2 Å². The van der Waals surface area contributed by atoms with E-state index in [9.17, 15) is 0 Å². The third kappa shape index (κ3) is 3.13. The molecule has 20 heavy (non-hydrogen) atoms. The van der Waals surface area contributed by atoms with Crippen molar-refractivity contribution in [3.8, 4) is 0 Å². The summed E-state index contributed by atoms with van der Waals surface area (Å²) in [5, 5.41) is 5.08. The normalized spacial score (nSPS) is 21.4. The molecular weight excluding hydrogens is 357 g/mol. The average Bonchev–Trinajstić information content (AvgIpc) is 2.37. The highest BCUT2D eigenvalue weighted by atomic mass is 79.9. The van der Waals surface area contributed by atoms with Gasteiger partial charge in [0.2, 0.25) is 0 Å². The van der Waals surface area contributed by atoms with Crippen LogP contribution in [0.2, 0.25) is 10.0 Å². The Labute approximate surface area is 137 Å². The van der Waals surface area contributed by atoms with Gasteiger partial charge in [-0.05, 0) is 70.6 Å². The van der Waals surface area contributed by atoms with Crippen LogP contribution in [-0.2, 0) is 0 Å². The summed E-state index contributed by atoms with van der Waals surface area (Å²) in [7, 11) is 0. The van der Waals surface area contributed by atoms with Gasteiger partial charge in [-0.1, -0.05) is 35.3 Å². The number of hydrogen-bond acceptors (Lipinski definition) is 1. The Morgan fingerprint density at radius 2 is 1.85 bits per heavy atom. The first-order chi connectivity index (χ1) is 9.61. The van der Waals surface area contributed by atoms with Crippen molar-refractivity contribution < 1.29 is 0 Å². The molecule has 1 N–H and O–H groups in total. The Morgan fingerprint density at radius 3 is 2.55 bits per heavy atom. The molecule has 2 aromatic carbocycles. The molecule has 1 saturated carbocycles. The minimum atomic E-state index is 0.510. The van der Waals surface area contributed by atoms with Gasteiger partial charge in [0, 0.05) is 21.2 Å². The first kappa shape index (κ1) is 14.2. The van der Waals surface area contributed by atoms with Crippen molar-refractivity contribution in [2.24, 2.45) is 0 Å². The van der Waals surface area contributed by atoms with Crippen LogP contribution in [0, 0.1) is 0 Å². The number of nitrogens with one attached hydrogen (secondary N) is 1. The molecule has 0 radical (unpaired) electrons. The zero-order chi connectivity index (χ0) is 14.1. The summed E-state index contributed by atoms with van der Waals surface area (Å²) in [5.41, 5.74) is 2.41. The van der Waals surface area contributed by atoms with Crippen LogP contribution >= 0.6 is 39.1 Å². The van der Waals surface area contributed by atoms with E-state index in [0.717, 1.165) is 33.0 Å². The number of rotatable bonds is 3. The molecular formula is C16H14BrCl2N. The fourth-order valence-corrected chi connectivity index (χ4v) is 3.22. The van der Waals surface area contributed by atoms with Crippen molar-refractivity contribution in [2.45, 2.75) is 24.8 Å². The number of halogens is 3. The highest BCUT2D eigenvalue weighted by molar-refractivity contribution is 9.10. The van der Waals surface area contributed by atoms with E-state index in [1.807, 2.05) is 30.3 Å². The van der Waals surface area contributed by atoms with Crippen molar-refractivity contribution in [3.63, 3.8) is 0 Å². The zero-order valence-corrected chi connectivity index (χ0v) is 13.8. The minimum Gasteiger partial charge on any atom is -0.382 e. The maximum Gasteiger partial charge on any atom is 0.0568 e. The molecule has 4 heteroatoms. The summed E-state index contributed by atoms with van der Waals surface area (Å²) < 4.78 is 0.926. The monoisotopic (exact) mass is 369 g/mol. The van der Waals surface area contributed by atoms with Gasteiger partial charge in [0.1, 0.15) is 0 Å². The molecule has 0 heterocycles. The molecule has 1 aliphatic carbocycles. The van der Waals surface area contributed by atoms with Crippen LogP contribution in [0.3, 0.4) is 0 Å². The summed E-state index contributed by atoms with van der Waals surface area (Å²) in [4.78, 5) is 0. The van der Waals surface area contributed by atoms with Crippen LogP contribution in [0.4, 0.5) is 5.69 Å². The summed E-state index contributed by atoms with van der Waals surface area (Å²) in [6.45, 7) is 0. The predicted molar refractivity (Wildman–Crippen MR) is 90.0 cm³/mol. The molecule has 1 aliphatic rings. The Bertz CT molecular complexity index is 624. The minimum absolute atomic E-state index is 0.510. The Kier molecular flexibility index (Phi) is 4.25. The molecule has 0 saturated heterocycles. The molecule has 0 unspecified atom stereocenters. The van der Waals surface area contributed by atoms with Crippen molar-refractivity contribution in [3.05, 3.63) is 62.5 Å². The van der Waals surface area contributed by atoms with E-state index in [1.165, 1.54) is 5.56 Å². The van der Waals surface area contributed by atoms with E-state index < -0.39 is 0 Å². The molecule has 0 aliphatic heterocycles. The smallest absolute Gasteiger partial charge is 0.0568 e. The van der Waals surface area contributed by atoms with Gasteiger partial charge in [0.25, 0.3) is 0 Å². The lowest BCUT2D eigenvalue weighted by Gasteiger charge is -2.37. The van der Waals surface area contributed by atoms with Crippen molar-refractivity contribution in [1.29, 1.82) is 0 Å². The maximum atomic E-state index is 6.10. The van der Waals surface area contributed by atoms with E-state index in [-0.39, 0.29) is 0 Å². The molecule has 0 amide bonds. The van der Waals surface area contributed by atoms with Crippen LogP contribution in [0.15, 0.2) is 46.9 Å². The van der Waals surface area contributed by atoms with Gasteiger partial charge in [0.15, 0.2) is 0 Å². The largest absolute Gasteiger partial charge is 0.382 e. The number of anilines is 1. The fraction of sp³-hybridized carbons (Fsp3) is 0.250. The second-order valence-corrected chi connectivity index (χ2v) is 6.89. The molecule has 104 valence electrons. The van der Waals surface area contributed by atoms with Gasteiger partial charge in [-0.3, -0.25) is 0 Å². The highest BCUT2D eigenvalue weighted by Gasteiger charge is 2.30. The molecule has 0 atom stereocenters. The van der Waals surface area contributed by atoms with Crippen LogP contribution in [0.5, 0.6) is 0 Å².